The van der Waals surface area contributed by atoms with Gasteiger partial charge in [-0.1, -0.05) is 60.7 Å². The summed E-state index contributed by atoms with van der Waals surface area (Å²) >= 11 is 0. The first-order valence-corrected chi connectivity index (χ1v) is 19.8. The van der Waals surface area contributed by atoms with Crippen molar-refractivity contribution in [3.8, 4) is 11.5 Å². The molecule has 0 fully saturated rings. The van der Waals surface area contributed by atoms with Crippen LogP contribution in [0.2, 0.25) is 0 Å². The summed E-state index contributed by atoms with van der Waals surface area (Å²) in [6.45, 7) is 10.3. The van der Waals surface area contributed by atoms with Crippen LogP contribution in [0.15, 0.2) is 95.9 Å². The lowest BCUT2D eigenvalue weighted by atomic mass is 10.0. The van der Waals surface area contributed by atoms with Gasteiger partial charge in [0.15, 0.2) is 13.2 Å². The van der Waals surface area contributed by atoms with Gasteiger partial charge in [0.2, 0.25) is 0 Å². The van der Waals surface area contributed by atoms with Gasteiger partial charge in [0, 0.05) is 11.4 Å². The average molecular weight is 885 g/mol. The maximum Gasteiger partial charge on any atom is 0.417 e. The third-order valence-electron chi connectivity index (χ3n) is 7.03. The van der Waals surface area contributed by atoms with Crippen LogP contribution in [0.5, 0.6) is 11.5 Å². The molecule has 0 saturated carbocycles. The van der Waals surface area contributed by atoms with E-state index in [0.29, 0.717) is 11.5 Å². The second kappa shape index (κ2) is 18.6. The summed E-state index contributed by atoms with van der Waals surface area (Å²) < 4.78 is 166. The van der Waals surface area contributed by atoms with Crippen molar-refractivity contribution in [1.82, 2.24) is 0 Å². The molecule has 4 rings (SSSR count). The van der Waals surface area contributed by atoms with E-state index >= 15 is 0 Å². The molecular formula is C39H38F9O9PS. The smallest absolute Gasteiger partial charge is 0.417 e. The predicted octanol–water partition coefficient (Wildman–Crippen LogP) is 8.88. The molecule has 0 spiro atoms. The Morgan fingerprint density at radius 3 is 1.36 bits per heavy atom. The fourth-order valence-corrected chi connectivity index (χ4v) is 8.25. The van der Waals surface area contributed by atoms with Crippen molar-refractivity contribution < 1.29 is 81.0 Å². The van der Waals surface area contributed by atoms with Crippen molar-refractivity contribution in [3.63, 3.8) is 0 Å². The van der Waals surface area contributed by atoms with Crippen LogP contribution in [0.25, 0.3) is 0 Å². The molecule has 0 bridgehead atoms. The molecule has 0 aliphatic carbocycles. The molecular weight excluding hydrogens is 846 g/mol. The highest BCUT2D eigenvalue weighted by atomic mass is 32.2. The highest BCUT2D eigenvalue weighted by molar-refractivity contribution is 7.86. The molecule has 0 saturated heterocycles. The lowest BCUT2D eigenvalue weighted by molar-refractivity contribution is -0.158. The molecule has 0 aliphatic rings. The van der Waals surface area contributed by atoms with Gasteiger partial charge in [0.1, 0.15) is 27.6 Å². The van der Waals surface area contributed by atoms with E-state index in [2.05, 4.69) is 24.3 Å². The Morgan fingerprint density at radius 1 is 0.593 bits per heavy atom. The van der Waals surface area contributed by atoms with Crippen molar-refractivity contribution >= 4 is 45.9 Å². The average Bonchev–Trinajstić information content (AvgIpc) is 3.08. The Bertz CT molecular complexity index is 2110. The van der Waals surface area contributed by atoms with Gasteiger partial charge in [-0.2, -0.15) is 47.9 Å². The molecule has 20 heteroatoms. The number of halogens is 9. The molecule has 0 amide bonds. The van der Waals surface area contributed by atoms with Gasteiger partial charge >= 0.3 is 30.5 Å². The van der Waals surface area contributed by atoms with E-state index in [9.17, 15) is 57.5 Å². The number of alkyl halides is 9. The monoisotopic (exact) mass is 884 g/mol. The number of hydrogen-bond acceptors (Lipinski definition) is 8. The zero-order valence-electron chi connectivity index (χ0n) is 32.0. The summed E-state index contributed by atoms with van der Waals surface area (Å²) in [6, 6.07) is 24.1. The molecule has 322 valence electrons. The van der Waals surface area contributed by atoms with Crippen molar-refractivity contribution in [2.75, 3.05) is 13.2 Å². The Kier molecular flexibility index (Phi) is 15.3. The molecule has 4 aromatic rings. The first kappa shape index (κ1) is 48.5. The van der Waals surface area contributed by atoms with E-state index in [4.69, 9.17) is 23.5 Å². The summed E-state index contributed by atoms with van der Waals surface area (Å²) in [7, 11) is -7.10. The van der Waals surface area contributed by atoms with Gasteiger partial charge in [-0.15, -0.1) is 0 Å². The molecule has 0 radical (unpaired) electrons. The van der Waals surface area contributed by atoms with E-state index in [0.717, 1.165) is 15.9 Å². The Balaban J connectivity index is 0.000000361. The third kappa shape index (κ3) is 15.0. The summed E-state index contributed by atoms with van der Waals surface area (Å²) in [5.74, 6) is -0.0119. The minimum atomic E-state index is -6.10. The maximum atomic E-state index is 12.6. The number of carbonyl (C=O) groups is 2. The van der Waals surface area contributed by atoms with Crippen molar-refractivity contribution in [2.24, 2.45) is 0 Å². The summed E-state index contributed by atoms with van der Waals surface area (Å²) in [4.78, 5) is 21.9. The second-order valence-corrected chi connectivity index (χ2v) is 17.8. The van der Waals surface area contributed by atoms with Crippen LogP contribution in [0.1, 0.15) is 58.2 Å². The van der Waals surface area contributed by atoms with Crippen LogP contribution >= 0.6 is 7.92 Å². The highest BCUT2D eigenvalue weighted by Crippen LogP contribution is 2.45. The summed E-state index contributed by atoms with van der Waals surface area (Å²) in [6.07, 6.45) is -17.4. The van der Waals surface area contributed by atoms with E-state index in [1.54, 1.807) is 32.9 Å². The first-order valence-electron chi connectivity index (χ1n) is 17.0. The summed E-state index contributed by atoms with van der Waals surface area (Å²) in [5.41, 5.74) is -9.12. The third-order valence-corrected chi connectivity index (χ3v) is 10.5. The minimum Gasteiger partial charge on any atom is -0.482 e. The quantitative estimate of drug-likeness (QED) is 0.0720. The lowest BCUT2D eigenvalue weighted by Gasteiger charge is -2.24. The molecule has 9 nitrogen and oxygen atoms in total. The van der Waals surface area contributed by atoms with Crippen LogP contribution in [0.4, 0.5) is 39.5 Å². The Morgan fingerprint density at radius 2 is 1.00 bits per heavy atom. The minimum absolute atomic E-state index is 0.242. The molecule has 1 N–H and O–H groups in total. The number of esters is 2. The number of benzene rings is 4. The molecule has 59 heavy (non-hydrogen) atoms. The number of hydrogen-bond donors (Lipinski definition) is 1. The normalized spacial score (nSPS) is 12.6. The largest absolute Gasteiger partial charge is 0.482 e. The van der Waals surface area contributed by atoms with Gasteiger partial charge in [-0.05, 0) is 84.3 Å². The predicted molar refractivity (Wildman–Crippen MR) is 199 cm³/mol. The Labute approximate surface area is 334 Å². The lowest BCUT2D eigenvalue weighted by Crippen LogP contribution is -2.29. The standard InChI is InChI=1S/C30H35O6P.C9H3F9O3S/c1-29(2,3)35-27(31)20-33-22-17-18-26(25(19-22)34-21-28(32)36-30(4,5)6)37(23-13-9-7-10-14-23)24-15-11-8-12-16-24;10-7(11,12)3-1-4(8(13,14)15)6(22(19,20)21)5(2-3)9(16,17)18/h7-19H,20-21H2,1-6H3;1-2H,(H,19,20,21). The number of rotatable bonds is 10. The SMILES string of the molecule is CC(C)(C)OC(=O)COc1ccc(P(c2ccccc2)c2ccccc2)c(OCC(=O)OC(C)(C)C)c1.O=S(=O)(O)c1c(C(F)(F)F)cc(C(F)(F)F)cc1C(F)(F)F. The second-order valence-electron chi connectivity index (χ2n) is 14.3. The van der Waals surface area contributed by atoms with E-state index in [-0.39, 0.29) is 13.2 Å². The van der Waals surface area contributed by atoms with Gasteiger partial charge in [0.25, 0.3) is 10.1 Å². The van der Waals surface area contributed by atoms with Crippen LogP contribution in [0.3, 0.4) is 0 Å². The fourth-order valence-electron chi connectivity index (χ4n) is 4.98. The Hall–Kier alpha value is -4.87. The molecule has 0 aromatic heterocycles. The van der Waals surface area contributed by atoms with E-state index in [1.165, 1.54) is 0 Å². The molecule has 0 unspecified atom stereocenters. The van der Waals surface area contributed by atoms with Crippen LogP contribution in [0, 0.1) is 0 Å². The highest BCUT2D eigenvalue weighted by Gasteiger charge is 2.48. The molecule has 4 aromatic carbocycles. The van der Waals surface area contributed by atoms with Gasteiger partial charge < -0.3 is 18.9 Å². The maximum absolute atomic E-state index is 12.6. The van der Waals surface area contributed by atoms with Gasteiger partial charge in [-0.25, -0.2) is 9.59 Å². The van der Waals surface area contributed by atoms with E-state index in [1.807, 2.05) is 63.2 Å². The first-order chi connectivity index (χ1) is 26.9. The number of carbonyl (C=O) groups excluding carboxylic acids is 2. The number of ether oxygens (including phenoxy) is 4. The van der Waals surface area contributed by atoms with Crippen molar-refractivity contribution in [3.05, 3.63) is 108 Å². The van der Waals surface area contributed by atoms with Crippen molar-refractivity contribution in [2.45, 2.75) is 76.2 Å². The zero-order valence-corrected chi connectivity index (χ0v) is 33.8. The zero-order chi connectivity index (χ0) is 44.8. The van der Waals surface area contributed by atoms with Gasteiger partial charge in [-0.3, -0.25) is 4.55 Å². The van der Waals surface area contributed by atoms with Crippen LogP contribution in [-0.2, 0) is 47.7 Å². The van der Waals surface area contributed by atoms with E-state index < -0.39 is 93.4 Å². The summed E-state index contributed by atoms with van der Waals surface area (Å²) in [5, 5.41) is 3.18. The molecule has 0 heterocycles. The molecule has 0 atom stereocenters. The molecule has 0 aliphatic heterocycles. The van der Waals surface area contributed by atoms with Crippen LogP contribution < -0.4 is 25.4 Å². The topological polar surface area (TPSA) is 125 Å². The van der Waals surface area contributed by atoms with Gasteiger partial charge in [0.05, 0.1) is 16.7 Å². The van der Waals surface area contributed by atoms with Crippen molar-refractivity contribution in [1.29, 1.82) is 0 Å². The van der Waals surface area contributed by atoms with Crippen LogP contribution in [-0.4, -0.2) is 49.3 Å². The fraction of sp³-hybridized carbons (Fsp3) is 0.333.